The first kappa shape index (κ1) is 13.5. The van der Waals surface area contributed by atoms with Crippen LogP contribution in [0.5, 0.6) is 0 Å². The number of nitrogens with zero attached hydrogens (tertiary/aromatic N) is 1. The monoisotopic (exact) mass is 276 g/mol. The Kier molecular flexibility index (Phi) is 3.57. The molecular weight excluding hydrogens is 260 g/mol. The standard InChI is InChI=1S/C14H16N2O2S/c1-7-5-8(2)11(9(3)6-7)16-14-15-10(4)12(19-14)13(17)18/h5-6H,1-4H3,(H,15,16)(H,17,18). The number of hydrogen-bond acceptors (Lipinski definition) is 4. The van der Waals surface area contributed by atoms with Gasteiger partial charge < -0.3 is 10.4 Å². The van der Waals surface area contributed by atoms with Gasteiger partial charge in [-0.1, -0.05) is 29.0 Å². The van der Waals surface area contributed by atoms with Crippen LogP contribution in [0.15, 0.2) is 12.1 Å². The summed E-state index contributed by atoms with van der Waals surface area (Å²) in [7, 11) is 0. The first-order valence-electron chi connectivity index (χ1n) is 5.94. The minimum Gasteiger partial charge on any atom is -0.477 e. The van der Waals surface area contributed by atoms with Crippen LogP contribution in [0.1, 0.15) is 32.1 Å². The second-order valence-corrected chi connectivity index (χ2v) is 5.64. The third-order valence-electron chi connectivity index (χ3n) is 2.90. The summed E-state index contributed by atoms with van der Waals surface area (Å²) in [6.45, 7) is 7.82. The van der Waals surface area contributed by atoms with E-state index in [0.29, 0.717) is 10.8 Å². The van der Waals surface area contributed by atoms with E-state index in [1.807, 2.05) is 13.8 Å². The summed E-state index contributed by atoms with van der Waals surface area (Å²) < 4.78 is 0. The average Bonchev–Trinajstić information content (AvgIpc) is 2.65. The summed E-state index contributed by atoms with van der Waals surface area (Å²) in [5.41, 5.74) is 5.00. The number of hydrogen-bond donors (Lipinski definition) is 2. The predicted molar refractivity (Wildman–Crippen MR) is 77.7 cm³/mol. The zero-order valence-corrected chi connectivity index (χ0v) is 12.2. The van der Waals surface area contributed by atoms with Gasteiger partial charge in [-0.3, -0.25) is 0 Å². The van der Waals surface area contributed by atoms with Gasteiger partial charge in [-0.15, -0.1) is 0 Å². The third-order valence-corrected chi connectivity index (χ3v) is 3.96. The molecule has 2 rings (SSSR count). The van der Waals surface area contributed by atoms with Crippen molar-refractivity contribution in [3.05, 3.63) is 39.4 Å². The number of rotatable bonds is 3. The molecule has 100 valence electrons. The molecule has 0 radical (unpaired) electrons. The van der Waals surface area contributed by atoms with Crippen molar-refractivity contribution in [3.8, 4) is 0 Å². The van der Waals surface area contributed by atoms with Crippen LogP contribution in [-0.2, 0) is 0 Å². The molecule has 0 atom stereocenters. The van der Waals surface area contributed by atoms with E-state index in [2.05, 4.69) is 29.4 Å². The zero-order chi connectivity index (χ0) is 14.2. The minimum absolute atomic E-state index is 0.282. The number of carboxylic acid groups (broad SMARTS) is 1. The molecule has 1 aromatic carbocycles. The molecule has 0 amide bonds. The molecule has 2 aromatic rings. The number of benzene rings is 1. The van der Waals surface area contributed by atoms with E-state index in [-0.39, 0.29) is 4.88 Å². The van der Waals surface area contributed by atoms with E-state index in [1.54, 1.807) is 6.92 Å². The number of thiazole rings is 1. The topological polar surface area (TPSA) is 62.2 Å². The third kappa shape index (κ3) is 2.76. The van der Waals surface area contributed by atoms with E-state index < -0.39 is 5.97 Å². The maximum Gasteiger partial charge on any atom is 0.347 e. The van der Waals surface area contributed by atoms with Crippen LogP contribution in [0.3, 0.4) is 0 Å². The summed E-state index contributed by atoms with van der Waals surface area (Å²) in [6, 6.07) is 4.18. The van der Waals surface area contributed by atoms with E-state index in [9.17, 15) is 4.79 Å². The molecule has 5 heteroatoms. The van der Waals surface area contributed by atoms with Crippen molar-refractivity contribution >= 4 is 28.1 Å². The number of aromatic nitrogens is 1. The highest BCUT2D eigenvalue weighted by atomic mass is 32.1. The van der Waals surface area contributed by atoms with Gasteiger partial charge in [0, 0.05) is 5.69 Å². The molecule has 0 aliphatic rings. The molecule has 0 aliphatic carbocycles. The number of aromatic carboxylic acids is 1. The Bertz CT molecular complexity index is 624. The minimum atomic E-state index is -0.930. The highest BCUT2D eigenvalue weighted by molar-refractivity contribution is 7.17. The van der Waals surface area contributed by atoms with Crippen molar-refractivity contribution in [2.45, 2.75) is 27.7 Å². The maximum absolute atomic E-state index is 11.0. The molecule has 0 saturated carbocycles. The number of carboxylic acids is 1. The highest BCUT2D eigenvalue weighted by Crippen LogP contribution is 2.29. The molecule has 19 heavy (non-hydrogen) atoms. The van der Waals surface area contributed by atoms with Crippen LogP contribution in [0.25, 0.3) is 0 Å². The molecule has 4 nitrogen and oxygen atoms in total. The molecule has 0 saturated heterocycles. The van der Waals surface area contributed by atoms with Crippen molar-refractivity contribution < 1.29 is 9.90 Å². The van der Waals surface area contributed by atoms with E-state index in [4.69, 9.17) is 5.11 Å². The Balaban J connectivity index is 2.37. The fourth-order valence-corrected chi connectivity index (χ4v) is 2.94. The van der Waals surface area contributed by atoms with Gasteiger partial charge in [0.15, 0.2) is 5.13 Å². The second-order valence-electron chi connectivity index (χ2n) is 4.64. The smallest absolute Gasteiger partial charge is 0.347 e. The Morgan fingerprint density at radius 2 is 1.79 bits per heavy atom. The summed E-state index contributed by atoms with van der Waals surface area (Å²) in [5, 5.41) is 12.9. The van der Waals surface area contributed by atoms with Crippen LogP contribution >= 0.6 is 11.3 Å². The van der Waals surface area contributed by atoms with Gasteiger partial charge in [-0.2, -0.15) is 0 Å². The molecule has 0 unspecified atom stereocenters. The van der Waals surface area contributed by atoms with E-state index >= 15 is 0 Å². The average molecular weight is 276 g/mol. The quantitative estimate of drug-likeness (QED) is 0.894. The Hall–Kier alpha value is -1.88. The van der Waals surface area contributed by atoms with Gasteiger partial charge in [0.25, 0.3) is 0 Å². The number of anilines is 2. The van der Waals surface area contributed by atoms with Gasteiger partial charge in [-0.05, 0) is 38.8 Å². The molecule has 1 heterocycles. The SMILES string of the molecule is Cc1cc(C)c(Nc2nc(C)c(C(=O)O)s2)c(C)c1. The lowest BCUT2D eigenvalue weighted by Crippen LogP contribution is -1.96. The second kappa shape index (κ2) is 5.01. The Labute approximate surface area is 116 Å². The highest BCUT2D eigenvalue weighted by Gasteiger charge is 2.15. The van der Waals surface area contributed by atoms with E-state index in [1.165, 1.54) is 5.56 Å². The zero-order valence-electron chi connectivity index (χ0n) is 11.4. The molecule has 2 N–H and O–H groups in total. The number of nitrogens with one attached hydrogen (secondary N) is 1. The molecule has 0 spiro atoms. The van der Waals surface area contributed by atoms with Crippen LogP contribution in [-0.4, -0.2) is 16.1 Å². The summed E-state index contributed by atoms with van der Waals surface area (Å²) in [6.07, 6.45) is 0. The fraction of sp³-hybridized carbons (Fsp3) is 0.286. The van der Waals surface area contributed by atoms with Crippen molar-refractivity contribution in [1.82, 2.24) is 4.98 Å². The summed E-state index contributed by atoms with van der Waals surface area (Å²) in [4.78, 5) is 15.5. The lowest BCUT2D eigenvalue weighted by molar-refractivity contribution is 0.0701. The Morgan fingerprint density at radius 1 is 1.21 bits per heavy atom. The largest absolute Gasteiger partial charge is 0.477 e. The summed E-state index contributed by atoms with van der Waals surface area (Å²) in [5.74, 6) is -0.930. The molecule has 0 aliphatic heterocycles. The van der Waals surface area contributed by atoms with Crippen LogP contribution in [0, 0.1) is 27.7 Å². The predicted octanol–water partition coefficient (Wildman–Crippen LogP) is 3.82. The van der Waals surface area contributed by atoms with Crippen LogP contribution < -0.4 is 5.32 Å². The molecule has 1 aromatic heterocycles. The van der Waals surface area contributed by atoms with Crippen LogP contribution in [0.2, 0.25) is 0 Å². The van der Waals surface area contributed by atoms with Gasteiger partial charge in [0.05, 0.1) is 5.69 Å². The van der Waals surface area contributed by atoms with Crippen molar-refractivity contribution in [2.24, 2.45) is 0 Å². The number of carbonyl (C=O) groups is 1. The van der Waals surface area contributed by atoms with E-state index in [0.717, 1.165) is 28.2 Å². The first-order chi connectivity index (χ1) is 8.88. The maximum atomic E-state index is 11.0. The Morgan fingerprint density at radius 3 is 2.26 bits per heavy atom. The van der Waals surface area contributed by atoms with Crippen molar-refractivity contribution in [2.75, 3.05) is 5.32 Å². The lowest BCUT2D eigenvalue weighted by atomic mass is 10.1. The van der Waals surface area contributed by atoms with Gasteiger partial charge >= 0.3 is 5.97 Å². The lowest BCUT2D eigenvalue weighted by Gasteiger charge is -2.11. The van der Waals surface area contributed by atoms with Crippen LogP contribution in [0.4, 0.5) is 10.8 Å². The molecule has 0 bridgehead atoms. The molecular formula is C14H16N2O2S. The van der Waals surface area contributed by atoms with Gasteiger partial charge in [0.2, 0.25) is 0 Å². The van der Waals surface area contributed by atoms with Gasteiger partial charge in [-0.25, -0.2) is 9.78 Å². The normalized spacial score (nSPS) is 10.5. The molecule has 0 fully saturated rings. The first-order valence-corrected chi connectivity index (χ1v) is 6.75. The fourth-order valence-electron chi connectivity index (χ4n) is 2.13. The van der Waals surface area contributed by atoms with Crippen molar-refractivity contribution in [3.63, 3.8) is 0 Å². The number of aryl methyl sites for hydroxylation is 4. The summed E-state index contributed by atoms with van der Waals surface area (Å²) >= 11 is 1.16. The van der Waals surface area contributed by atoms with Crippen molar-refractivity contribution in [1.29, 1.82) is 0 Å². The van der Waals surface area contributed by atoms with Gasteiger partial charge in [0.1, 0.15) is 4.88 Å².